The first-order valence-electron chi connectivity index (χ1n) is 14.1. The molecule has 0 radical (unpaired) electrons. The van der Waals surface area contributed by atoms with Gasteiger partial charge in [-0.2, -0.15) is 0 Å². The number of carbonyl (C=O) groups is 2. The number of ether oxygens (including phenoxy) is 1. The van der Waals surface area contributed by atoms with Crippen molar-refractivity contribution in [2.24, 2.45) is 50.2 Å². The molecule has 5 aliphatic rings. The number of esters is 1. The van der Waals surface area contributed by atoms with Gasteiger partial charge in [0.2, 0.25) is 0 Å². The average molecular weight is 485 g/mol. The van der Waals surface area contributed by atoms with Crippen LogP contribution in [-0.2, 0) is 14.3 Å². The van der Waals surface area contributed by atoms with Crippen LogP contribution in [0, 0.1) is 50.2 Å². The van der Waals surface area contributed by atoms with Crippen LogP contribution in [0.25, 0.3) is 0 Å². The Bertz CT molecular complexity index is 980. The van der Waals surface area contributed by atoms with Gasteiger partial charge in [-0.25, -0.2) is 0 Å². The maximum atomic E-state index is 14.3. The smallest absolute Gasteiger partial charge is 0.311 e. The minimum Gasteiger partial charge on any atom is -0.469 e. The summed E-state index contributed by atoms with van der Waals surface area (Å²) in [6, 6.07) is 0. The first kappa shape index (κ1) is 25.5. The van der Waals surface area contributed by atoms with E-state index < -0.39 is 5.41 Å². The molecule has 0 aromatic carbocycles. The Kier molecular flexibility index (Phi) is 5.43. The molecular formula is C31H48O4. The van der Waals surface area contributed by atoms with Gasteiger partial charge in [0.05, 0.1) is 18.6 Å². The maximum absolute atomic E-state index is 14.3. The van der Waals surface area contributed by atoms with Crippen LogP contribution in [-0.4, -0.2) is 30.1 Å². The molecule has 1 N–H and O–H groups in total. The Labute approximate surface area is 212 Å². The fraction of sp³-hybridized carbons (Fsp3) is 0.871. The van der Waals surface area contributed by atoms with Gasteiger partial charge in [0.1, 0.15) is 0 Å². The van der Waals surface area contributed by atoms with Gasteiger partial charge in [0.15, 0.2) is 5.78 Å². The molecule has 4 saturated carbocycles. The van der Waals surface area contributed by atoms with Gasteiger partial charge < -0.3 is 9.84 Å². The number of methoxy groups -OCH3 is 1. The summed E-state index contributed by atoms with van der Waals surface area (Å²) in [7, 11) is 1.50. The number of rotatable bonds is 1. The zero-order valence-electron chi connectivity index (χ0n) is 23.4. The lowest BCUT2D eigenvalue weighted by molar-refractivity contribution is -0.202. The standard InChI is InChI=1S/C31H48O4/c1-26(2)22-9-12-31(7)24(29(22,5)11-10-23(26)33)21(32)17-19-20-18-28(4,25(34)35-8)14-13-27(20,3)15-16-30(19,31)6/h17,20,22-24,33H,9-16,18H2,1-8H3/t20-,22?,23+,24-,27-,28-,29+,30-,31-/m1/s1. The van der Waals surface area contributed by atoms with Crippen LogP contribution < -0.4 is 0 Å². The molecule has 5 rings (SSSR count). The Morgan fingerprint density at radius 2 is 1.60 bits per heavy atom. The number of carbonyl (C=O) groups excluding carboxylic acids is 2. The van der Waals surface area contributed by atoms with Gasteiger partial charge in [0.25, 0.3) is 0 Å². The van der Waals surface area contributed by atoms with Crippen LogP contribution in [0.2, 0.25) is 0 Å². The van der Waals surface area contributed by atoms with Gasteiger partial charge in [-0.3, -0.25) is 9.59 Å². The predicted molar refractivity (Wildman–Crippen MR) is 137 cm³/mol. The fourth-order valence-electron chi connectivity index (χ4n) is 10.6. The maximum Gasteiger partial charge on any atom is 0.311 e. The highest BCUT2D eigenvalue weighted by molar-refractivity contribution is 5.95. The summed E-state index contributed by atoms with van der Waals surface area (Å²) in [5.74, 6) is 0.805. The molecule has 0 aliphatic heterocycles. The van der Waals surface area contributed by atoms with Crippen LogP contribution in [0.5, 0.6) is 0 Å². The highest BCUT2D eigenvalue weighted by atomic mass is 16.5. The van der Waals surface area contributed by atoms with E-state index in [2.05, 4.69) is 54.5 Å². The van der Waals surface area contributed by atoms with Crippen molar-refractivity contribution in [3.05, 3.63) is 11.6 Å². The Hall–Kier alpha value is -1.16. The molecule has 35 heavy (non-hydrogen) atoms. The minimum atomic E-state index is -0.480. The molecular weight excluding hydrogens is 436 g/mol. The predicted octanol–water partition coefficient (Wildman–Crippen LogP) is 6.50. The number of fused-ring (bicyclic) bond motifs is 7. The minimum absolute atomic E-state index is 0.00536. The van der Waals surface area contributed by atoms with Crippen molar-refractivity contribution in [3.63, 3.8) is 0 Å². The second kappa shape index (κ2) is 7.45. The molecule has 0 aromatic heterocycles. The topological polar surface area (TPSA) is 63.6 Å². The third kappa shape index (κ3) is 3.07. The van der Waals surface area contributed by atoms with E-state index in [4.69, 9.17) is 4.74 Å². The number of hydrogen-bond acceptors (Lipinski definition) is 4. The molecule has 9 atom stereocenters. The van der Waals surface area contributed by atoms with Gasteiger partial charge in [-0.05, 0) is 110 Å². The highest BCUT2D eigenvalue weighted by Crippen LogP contribution is 2.75. The lowest BCUT2D eigenvalue weighted by Gasteiger charge is -2.70. The zero-order chi connectivity index (χ0) is 25.8. The molecule has 0 spiro atoms. The molecule has 0 heterocycles. The van der Waals surface area contributed by atoms with Crippen molar-refractivity contribution in [2.75, 3.05) is 7.11 Å². The summed E-state index contributed by atoms with van der Waals surface area (Å²) < 4.78 is 5.25. The quantitative estimate of drug-likeness (QED) is 0.431. The molecule has 5 aliphatic carbocycles. The number of aliphatic hydroxyl groups excluding tert-OH is 1. The third-order valence-electron chi connectivity index (χ3n) is 13.2. The monoisotopic (exact) mass is 484 g/mol. The molecule has 0 bridgehead atoms. The van der Waals surface area contributed by atoms with Crippen molar-refractivity contribution >= 4 is 11.8 Å². The zero-order valence-corrected chi connectivity index (χ0v) is 23.4. The number of allylic oxidation sites excluding steroid dienone is 2. The molecule has 0 saturated heterocycles. The summed E-state index contributed by atoms with van der Waals surface area (Å²) in [6.45, 7) is 16.2. The van der Waals surface area contributed by atoms with Crippen molar-refractivity contribution < 1.29 is 19.4 Å². The fourth-order valence-corrected chi connectivity index (χ4v) is 10.6. The van der Waals surface area contributed by atoms with Crippen LogP contribution in [0.1, 0.15) is 106 Å². The van der Waals surface area contributed by atoms with Crippen molar-refractivity contribution in [1.29, 1.82) is 0 Å². The SMILES string of the molecule is COC(=O)[C@]1(C)CC[C@]2(C)CC[C@]3(C)C(=CC(=O)[C@@H]4[C@@]5(C)CC[C@H](O)C(C)(C)C5CC[C@]43C)[C@H]2C1. The summed E-state index contributed by atoms with van der Waals surface area (Å²) in [5.41, 5.74) is 0.590. The molecule has 0 aromatic rings. The summed E-state index contributed by atoms with van der Waals surface area (Å²) in [4.78, 5) is 27.1. The van der Waals surface area contributed by atoms with E-state index in [1.807, 2.05) is 0 Å². The molecule has 1 unspecified atom stereocenters. The second-order valence-electron chi connectivity index (χ2n) is 15.1. The van der Waals surface area contributed by atoms with Crippen LogP contribution in [0.4, 0.5) is 0 Å². The normalized spacial score (nSPS) is 52.8. The summed E-state index contributed by atoms with van der Waals surface area (Å²) in [5, 5.41) is 10.9. The van der Waals surface area contributed by atoms with Gasteiger partial charge in [-0.15, -0.1) is 0 Å². The molecule has 4 nitrogen and oxygen atoms in total. The Morgan fingerprint density at radius 3 is 2.26 bits per heavy atom. The van der Waals surface area contributed by atoms with Crippen molar-refractivity contribution in [1.82, 2.24) is 0 Å². The molecule has 0 amide bonds. The van der Waals surface area contributed by atoms with E-state index in [-0.39, 0.29) is 51.0 Å². The number of aliphatic hydroxyl groups is 1. The van der Waals surface area contributed by atoms with E-state index in [0.717, 1.165) is 57.8 Å². The largest absolute Gasteiger partial charge is 0.469 e. The van der Waals surface area contributed by atoms with E-state index in [0.29, 0.717) is 11.7 Å². The molecule has 4 heteroatoms. The van der Waals surface area contributed by atoms with Crippen LogP contribution in [0.15, 0.2) is 11.6 Å². The van der Waals surface area contributed by atoms with Crippen molar-refractivity contribution in [2.45, 2.75) is 112 Å². The van der Waals surface area contributed by atoms with E-state index >= 15 is 0 Å². The lowest BCUT2D eigenvalue weighted by Crippen LogP contribution is -2.66. The van der Waals surface area contributed by atoms with Crippen molar-refractivity contribution in [3.8, 4) is 0 Å². The number of hydrogen-bond donors (Lipinski definition) is 1. The Morgan fingerprint density at radius 1 is 0.943 bits per heavy atom. The van der Waals surface area contributed by atoms with E-state index in [9.17, 15) is 14.7 Å². The van der Waals surface area contributed by atoms with Crippen LogP contribution in [0.3, 0.4) is 0 Å². The highest BCUT2D eigenvalue weighted by Gasteiger charge is 2.70. The molecule has 196 valence electrons. The number of ketones is 1. The van der Waals surface area contributed by atoms with Gasteiger partial charge in [0, 0.05) is 5.92 Å². The third-order valence-corrected chi connectivity index (χ3v) is 13.2. The summed E-state index contributed by atoms with van der Waals surface area (Å²) >= 11 is 0. The molecule has 4 fully saturated rings. The van der Waals surface area contributed by atoms with Gasteiger partial charge in [-0.1, -0.05) is 47.1 Å². The van der Waals surface area contributed by atoms with E-state index in [1.54, 1.807) is 0 Å². The average Bonchev–Trinajstić information content (AvgIpc) is 2.78. The Balaban J connectivity index is 1.61. The summed E-state index contributed by atoms with van der Waals surface area (Å²) in [6.07, 6.45) is 10.5. The first-order valence-corrected chi connectivity index (χ1v) is 14.1. The first-order chi connectivity index (χ1) is 16.1. The lowest BCUT2D eigenvalue weighted by atomic mass is 9.33. The van der Waals surface area contributed by atoms with Crippen LogP contribution >= 0.6 is 0 Å². The second-order valence-corrected chi connectivity index (χ2v) is 15.1. The van der Waals surface area contributed by atoms with Gasteiger partial charge >= 0.3 is 5.97 Å². The van der Waals surface area contributed by atoms with E-state index in [1.165, 1.54) is 12.7 Å².